The van der Waals surface area contributed by atoms with Crippen LogP contribution in [0, 0.1) is 0 Å². The molecule has 1 aliphatic heterocycles. The second-order valence-electron chi connectivity index (χ2n) is 6.61. The molecule has 0 unspecified atom stereocenters. The van der Waals surface area contributed by atoms with E-state index in [4.69, 9.17) is 4.74 Å². The Kier molecular flexibility index (Phi) is 5.27. The summed E-state index contributed by atoms with van der Waals surface area (Å²) >= 11 is 3.33. The summed E-state index contributed by atoms with van der Waals surface area (Å²) in [7, 11) is 0. The van der Waals surface area contributed by atoms with Crippen LogP contribution in [0.4, 0.5) is 0 Å². The molecule has 2 amide bonds. The van der Waals surface area contributed by atoms with Gasteiger partial charge in [0.25, 0.3) is 11.8 Å². The summed E-state index contributed by atoms with van der Waals surface area (Å²) in [6, 6.07) is 21.5. The van der Waals surface area contributed by atoms with Gasteiger partial charge in [0.15, 0.2) is 0 Å². The van der Waals surface area contributed by atoms with Gasteiger partial charge >= 0.3 is 5.97 Å². The van der Waals surface area contributed by atoms with E-state index in [0.29, 0.717) is 16.9 Å². The summed E-state index contributed by atoms with van der Waals surface area (Å²) in [6.45, 7) is 0. The molecular formula is C23H16BrNO4. The van der Waals surface area contributed by atoms with Crippen LogP contribution in [-0.4, -0.2) is 28.7 Å². The molecule has 1 aliphatic rings. The maximum absolute atomic E-state index is 13.1. The summed E-state index contributed by atoms with van der Waals surface area (Å²) in [5.74, 6) is -1.29. The number of amides is 2. The first kappa shape index (κ1) is 19.1. The maximum Gasteiger partial charge on any atom is 0.335 e. The Balaban J connectivity index is 1.67. The molecule has 0 aliphatic carbocycles. The molecule has 0 saturated carbocycles. The average Bonchev–Trinajstić information content (AvgIpc) is 2.99. The van der Waals surface area contributed by atoms with Crippen molar-refractivity contribution in [1.82, 2.24) is 4.90 Å². The fourth-order valence-electron chi connectivity index (χ4n) is 3.30. The summed E-state index contributed by atoms with van der Waals surface area (Å²) in [4.78, 5) is 39.9. The van der Waals surface area contributed by atoms with E-state index in [9.17, 15) is 14.4 Å². The number of nitrogens with zero attached hydrogens (tertiary/aromatic N) is 1. The lowest BCUT2D eigenvalue weighted by Crippen LogP contribution is -2.48. The predicted molar refractivity (Wildman–Crippen MR) is 111 cm³/mol. The van der Waals surface area contributed by atoms with Crippen molar-refractivity contribution in [2.45, 2.75) is 12.5 Å². The van der Waals surface area contributed by atoms with Crippen molar-refractivity contribution in [1.29, 1.82) is 0 Å². The molecule has 1 heterocycles. The highest BCUT2D eigenvalue weighted by molar-refractivity contribution is 9.10. The number of fused-ring (bicyclic) bond motifs is 1. The van der Waals surface area contributed by atoms with Gasteiger partial charge in [-0.1, -0.05) is 58.4 Å². The van der Waals surface area contributed by atoms with E-state index in [0.717, 1.165) is 14.9 Å². The first-order chi connectivity index (χ1) is 14.0. The largest absolute Gasteiger partial charge is 0.425 e. The quantitative estimate of drug-likeness (QED) is 0.331. The van der Waals surface area contributed by atoms with E-state index in [2.05, 4.69) is 15.9 Å². The van der Waals surface area contributed by atoms with Gasteiger partial charge in [-0.3, -0.25) is 14.5 Å². The average molecular weight is 450 g/mol. The van der Waals surface area contributed by atoms with Crippen molar-refractivity contribution in [2.24, 2.45) is 0 Å². The number of benzene rings is 3. The summed E-state index contributed by atoms with van der Waals surface area (Å²) in [6.07, 6.45) is 0.168. The Bertz CT molecular complexity index is 1040. The van der Waals surface area contributed by atoms with Crippen LogP contribution in [0.2, 0.25) is 0 Å². The normalized spacial score (nSPS) is 13.9. The third kappa shape index (κ3) is 3.84. The zero-order valence-corrected chi connectivity index (χ0v) is 16.8. The van der Waals surface area contributed by atoms with Crippen molar-refractivity contribution in [3.8, 4) is 5.75 Å². The van der Waals surface area contributed by atoms with Crippen molar-refractivity contribution in [3.05, 3.63) is 100 Å². The fraction of sp³-hybridized carbons (Fsp3) is 0.0870. The summed E-state index contributed by atoms with van der Waals surface area (Å²) in [5.41, 5.74) is 1.42. The van der Waals surface area contributed by atoms with Gasteiger partial charge in [-0.15, -0.1) is 0 Å². The molecule has 0 N–H and O–H groups in total. The zero-order chi connectivity index (χ0) is 20.4. The topological polar surface area (TPSA) is 63.7 Å². The van der Waals surface area contributed by atoms with E-state index in [-0.39, 0.29) is 6.42 Å². The molecule has 3 aromatic carbocycles. The molecule has 4 rings (SSSR count). The van der Waals surface area contributed by atoms with Gasteiger partial charge in [0.05, 0.1) is 11.1 Å². The molecule has 1 atom stereocenters. The Hall–Kier alpha value is -3.25. The number of ether oxygens (including phenoxy) is 1. The van der Waals surface area contributed by atoms with Crippen LogP contribution in [0.1, 0.15) is 26.3 Å². The third-order valence-electron chi connectivity index (χ3n) is 4.71. The monoisotopic (exact) mass is 449 g/mol. The van der Waals surface area contributed by atoms with Gasteiger partial charge < -0.3 is 4.74 Å². The first-order valence-electron chi connectivity index (χ1n) is 9.02. The van der Waals surface area contributed by atoms with Crippen LogP contribution in [0.15, 0.2) is 83.3 Å². The second kappa shape index (κ2) is 8.01. The molecule has 0 saturated heterocycles. The van der Waals surface area contributed by atoms with Gasteiger partial charge in [-0.05, 0) is 42.0 Å². The second-order valence-corrected chi connectivity index (χ2v) is 7.52. The summed E-state index contributed by atoms with van der Waals surface area (Å²) < 4.78 is 6.35. The molecular weight excluding hydrogens is 434 g/mol. The molecule has 144 valence electrons. The molecule has 0 bridgehead atoms. The van der Waals surface area contributed by atoms with E-state index in [1.165, 1.54) is 0 Å². The maximum atomic E-state index is 13.1. The number of hydrogen-bond donors (Lipinski definition) is 0. The Morgan fingerprint density at radius 2 is 1.38 bits per heavy atom. The Morgan fingerprint density at radius 1 is 0.828 bits per heavy atom. The SMILES string of the molecule is O=C(Oc1ccc(Br)cc1)[C@H](Cc1ccccc1)N1C(=O)c2ccccc2C1=O. The number of esters is 1. The number of rotatable bonds is 5. The fourth-order valence-corrected chi connectivity index (χ4v) is 3.56. The van der Waals surface area contributed by atoms with Crippen LogP contribution >= 0.6 is 15.9 Å². The highest BCUT2D eigenvalue weighted by Gasteiger charge is 2.43. The van der Waals surface area contributed by atoms with Crippen LogP contribution in [0.25, 0.3) is 0 Å². The number of imide groups is 1. The van der Waals surface area contributed by atoms with Crippen LogP contribution in [-0.2, 0) is 11.2 Å². The molecule has 3 aromatic rings. The minimum absolute atomic E-state index is 0.168. The lowest BCUT2D eigenvalue weighted by molar-refractivity contribution is -0.138. The van der Waals surface area contributed by atoms with Gasteiger partial charge in [0.2, 0.25) is 0 Å². The Labute approximate surface area is 176 Å². The van der Waals surface area contributed by atoms with Crippen LogP contribution in [0.3, 0.4) is 0 Å². The van der Waals surface area contributed by atoms with Gasteiger partial charge in [0.1, 0.15) is 11.8 Å². The van der Waals surface area contributed by atoms with Crippen molar-refractivity contribution < 1.29 is 19.1 Å². The van der Waals surface area contributed by atoms with E-state index < -0.39 is 23.8 Å². The highest BCUT2D eigenvalue weighted by Crippen LogP contribution is 2.27. The lowest BCUT2D eigenvalue weighted by Gasteiger charge is -2.24. The first-order valence-corrected chi connectivity index (χ1v) is 9.82. The lowest BCUT2D eigenvalue weighted by atomic mass is 10.0. The minimum atomic E-state index is -1.08. The number of hydrogen-bond acceptors (Lipinski definition) is 4. The van der Waals surface area contributed by atoms with Crippen molar-refractivity contribution in [3.63, 3.8) is 0 Å². The predicted octanol–water partition coefficient (Wildman–Crippen LogP) is 4.26. The minimum Gasteiger partial charge on any atom is -0.425 e. The van der Waals surface area contributed by atoms with Crippen molar-refractivity contribution in [2.75, 3.05) is 0 Å². The summed E-state index contributed by atoms with van der Waals surface area (Å²) in [5, 5.41) is 0. The van der Waals surface area contributed by atoms with Gasteiger partial charge in [-0.2, -0.15) is 0 Å². The standard InChI is InChI=1S/C23H16BrNO4/c24-16-10-12-17(13-11-16)29-23(28)20(14-15-6-2-1-3-7-15)25-21(26)18-8-4-5-9-19(18)22(25)27/h1-13,20H,14H2/t20-/m0/s1. The smallest absolute Gasteiger partial charge is 0.335 e. The molecule has 29 heavy (non-hydrogen) atoms. The molecule has 0 aromatic heterocycles. The number of halogens is 1. The van der Waals surface area contributed by atoms with E-state index in [1.54, 1.807) is 48.5 Å². The van der Waals surface area contributed by atoms with Gasteiger partial charge in [-0.25, -0.2) is 4.79 Å². The molecule has 0 radical (unpaired) electrons. The molecule has 5 nitrogen and oxygen atoms in total. The van der Waals surface area contributed by atoms with Crippen molar-refractivity contribution >= 4 is 33.7 Å². The highest BCUT2D eigenvalue weighted by atomic mass is 79.9. The zero-order valence-electron chi connectivity index (χ0n) is 15.2. The molecule has 0 spiro atoms. The molecule has 0 fully saturated rings. The van der Waals surface area contributed by atoms with E-state index in [1.807, 2.05) is 30.3 Å². The van der Waals surface area contributed by atoms with Crippen LogP contribution < -0.4 is 4.74 Å². The van der Waals surface area contributed by atoms with Crippen LogP contribution in [0.5, 0.6) is 5.75 Å². The molecule has 6 heteroatoms. The Morgan fingerprint density at radius 3 is 1.97 bits per heavy atom. The van der Waals surface area contributed by atoms with Gasteiger partial charge in [0, 0.05) is 10.9 Å². The third-order valence-corrected chi connectivity index (χ3v) is 5.24. The van der Waals surface area contributed by atoms with E-state index >= 15 is 0 Å². The number of carbonyl (C=O) groups is 3. The number of carbonyl (C=O) groups excluding carboxylic acids is 3.